The Hall–Kier alpha value is -0.820. The van der Waals surface area contributed by atoms with E-state index < -0.39 is 0 Å². The molecule has 2 aliphatic heterocycles. The largest absolute Gasteiger partial charge is 0.290 e. The third kappa shape index (κ3) is 4.13. The van der Waals surface area contributed by atoms with Gasteiger partial charge in [0.1, 0.15) is 0 Å². The first-order chi connectivity index (χ1) is 10.5. The predicted molar refractivity (Wildman–Crippen MR) is 98.0 cm³/mol. The Morgan fingerprint density at radius 1 is 1.18 bits per heavy atom. The summed E-state index contributed by atoms with van der Waals surface area (Å²) in [6.07, 6.45) is 15.8. The van der Waals surface area contributed by atoms with Gasteiger partial charge in [-0.2, -0.15) is 0 Å². The molecule has 0 bridgehead atoms. The van der Waals surface area contributed by atoms with Crippen molar-refractivity contribution in [3.05, 3.63) is 37.0 Å². The van der Waals surface area contributed by atoms with Crippen molar-refractivity contribution in [2.75, 3.05) is 0 Å². The average Bonchev–Trinajstić information content (AvgIpc) is 2.87. The van der Waals surface area contributed by atoms with Crippen LogP contribution in [0.4, 0.5) is 0 Å². The number of nitrogens with zero attached hydrogens (tertiary/aromatic N) is 1. The van der Waals surface area contributed by atoms with E-state index in [1.165, 1.54) is 44.1 Å². The summed E-state index contributed by atoms with van der Waals surface area (Å²) in [7, 11) is 0. The van der Waals surface area contributed by atoms with Gasteiger partial charge < -0.3 is 0 Å². The Bertz CT molecular complexity index is 408. The molecule has 2 rings (SSSR count). The first kappa shape index (κ1) is 17.5. The van der Waals surface area contributed by atoms with Gasteiger partial charge in [0.2, 0.25) is 0 Å². The second kappa shape index (κ2) is 8.15. The summed E-state index contributed by atoms with van der Waals surface area (Å²) < 4.78 is 0. The molecule has 0 radical (unpaired) electrons. The molecule has 0 aromatic heterocycles. The number of allylic oxidation sites excluding steroid dienone is 2. The maximum Gasteiger partial charge on any atom is 0.0285 e. The van der Waals surface area contributed by atoms with Crippen LogP contribution in [0.25, 0.3) is 0 Å². The van der Waals surface area contributed by atoms with Crippen LogP contribution in [0, 0.1) is 11.8 Å². The Morgan fingerprint density at radius 3 is 2.64 bits per heavy atom. The standard InChI is InChI=1S/C21H35N/c1-6-7-8-9-10-11-19-12-13-20-17(4)15-18(5)21(22(19)20)14-16(2)3/h6,10-11,17-21H,1-2,7-9,12-15H2,3-5H3/b11-10+/t17-,18-,19-,20+,21+/m0/s1. The van der Waals surface area contributed by atoms with E-state index in [2.05, 4.69) is 51.0 Å². The molecular weight excluding hydrogens is 266 g/mol. The molecule has 2 fully saturated rings. The van der Waals surface area contributed by atoms with Gasteiger partial charge in [-0.3, -0.25) is 4.90 Å². The molecule has 0 aromatic carbocycles. The van der Waals surface area contributed by atoms with Gasteiger partial charge in [-0.15, -0.1) is 13.2 Å². The molecule has 0 saturated carbocycles. The second-order valence-electron chi connectivity index (χ2n) is 7.73. The lowest BCUT2D eigenvalue weighted by atomic mass is 9.78. The molecule has 2 heterocycles. The van der Waals surface area contributed by atoms with Gasteiger partial charge in [0, 0.05) is 18.1 Å². The minimum atomic E-state index is 0.656. The van der Waals surface area contributed by atoms with Crippen molar-refractivity contribution < 1.29 is 0 Å². The first-order valence-electron chi connectivity index (χ1n) is 9.24. The molecule has 1 heteroatoms. The van der Waals surface area contributed by atoms with Crippen LogP contribution in [0.5, 0.6) is 0 Å². The van der Waals surface area contributed by atoms with Crippen molar-refractivity contribution in [2.24, 2.45) is 11.8 Å². The molecule has 1 nitrogen and oxygen atoms in total. The highest BCUT2D eigenvalue weighted by atomic mass is 15.3. The van der Waals surface area contributed by atoms with Crippen LogP contribution in [0.1, 0.15) is 65.7 Å². The van der Waals surface area contributed by atoms with Gasteiger partial charge in [-0.05, 0) is 63.7 Å². The van der Waals surface area contributed by atoms with Crippen molar-refractivity contribution in [2.45, 2.75) is 83.8 Å². The minimum absolute atomic E-state index is 0.656. The number of hydrogen-bond acceptors (Lipinski definition) is 1. The number of piperidine rings is 1. The predicted octanol–water partition coefficient (Wildman–Crippen LogP) is 5.74. The monoisotopic (exact) mass is 301 g/mol. The molecule has 0 spiro atoms. The zero-order valence-electron chi connectivity index (χ0n) is 14.9. The van der Waals surface area contributed by atoms with Gasteiger partial charge in [-0.25, -0.2) is 0 Å². The van der Waals surface area contributed by atoms with Gasteiger partial charge in [0.05, 0.1) is 0 Å². The molecule has 22 heavy (non-hydrogen) atoms. The Labute approximate surface area is 138 Å². The number of fused-ring (bicyclic) bond motifs is 1. The zero-order valence-corrected chi connectivity index (χ0v) is 14.9. The smallest absolute Gasteiger partial charge is 0.0285 e. The highest BCUT2D eigenvalue weighted by molar-refractivity contribution is 5.09. The second-order valence-corrected chi connectivity index (χ2v) is 7.73. The minimum Gasteiger partial charge on any atom is -0.290 e. The van der Waals surface area contributed by atoms with Crippen LogP contribution in [-0.2, 0) is 0 Å². The van der Waals surface area contributed by atoms with Gasteiger partial charge >= 0.3 is 0 Å². The van der Waals surface area contributed by atoms with Crippen molar-refractivity contribution in [1.29, 1.82) is 0 Å². The molecule has 2 aliphatic rings. The van der Waals surface area contributed by atoms with Crippen molar-refractivity contribution >= 4 is 0 Å². The molecule has 124 valence electrons. The summed E-state index contributed by atoms with van der Waals surface area (Å²) in [6, 6.07) is 2.15. The highest BCUT2D eigenvalue weighted by Crippen LogP contribution is 2.43. The van der Waals surface area contributed by atoms with Crippen LogP contribution in [-0.4, -0.2) is 23.0 Å². The summed E-state index contributed by atoms with van der Waals surface area (Å²) in [6.45, 7) is 15.1. The molecule has 0 unspecified atom stereocenters. The first-order valence-corrected chi connectivity index (χ1v) is 9.24. The molecule has 5 atom stereocenters. The molecule has 2 saturated heterocycles. The van der Waals surface area contributed by atoms with E-state index in [9.17, 15) is 0 Å². The van der Waals surface area contributed by atoms with Crippen LogP contribution in [0.2, 0.25) is 0 Å². The van der Waals surface area contributed by atoms with E-state index in [0.29, 0.717) is 12.1 Å². The molecular formula is C21H35N. The lowest BCUT2D eigenvalue weighted by Gasteiger charge is -2.47. The summed E-state index contributed by atoms with van der Waals surface area (Å²) in [5.41, 5.74) is 1.34. The molecule has 0 N–H and O–H groups in total. The summed E-state index contributed by atoms with van der Waals surface area (Å²) in [5, 5.41) is 0. The lowest BCUT2D eigenvalue weighted by Crippen LogP contribution is -2.53. The van der Waals surface area contributed by atoms with E-state index in [1.807, 2.05) is 6.08 Å². The molecule has 0 amide bonds. The Kier molecular flexibility index (Phi) is 6.50. The zero-order chi connectivity index (χ0) is 16.1. The van der Waals surface area contributed by atoms with Gasteiger partial charge in [0.15, 0.2) is 0 Å². The Balaban J connectivity index is 2.05. The fourth-order valence-electron chi connectivity index (χ4n) is 4.64. The van der Waals surface area contributed by atoms with Gasteiger partial charge in [0.25, 0.3) is 0 Å². The van der Waals surface area contributed by atoms with E-state index in [-0.39, 0.29) is 0 Å². The van der Waals surface area contributed by atoms with Gasteiger partial charge in [-0.1, -0.05) is 37.6 Å². The summed E-state index contributed by atoms with van der Waals surface area (Å²) in [5.74, 6) is 1.63. The summed E-state index contributed by atoms with van der Waals surface area (Å²) >= 11 is 0. The van der Waals surface area contributed by atoms with E-state index in [1.54, 1.807) is 0 Å². The number of rotatable bonds is 7. The average molecular weight is 302 g/mol. The molecule has 0 aliphatic carbocycles. The topological polar surface area (TPSA) is 3.24 Å². The normalized spacial score (nSPS) is 35.7. The maximum atomic E-state index is 4.18. The van der Waals surface area contributed by atoms with E-state index >= 15 is 0 Å². The maximum absolute atomic E-state index is 4.18. The van der Waals surface area contributed by atoms with Crippen LogP contribution >= 0.6 is 0 Å². The molecule has 0 aromatic rings. The van der Waals surface area contributed by atoms with Crippen molar-refractivity contribution in [3.8, 4) is 0 Å². The van der Waals surface area contributed by atoms with E-state index in [0.717, 1.165) is 24.3 Å². The number of hydrogen-bond donors (Lipinski definition) is 0. The van der Waals surface area contributed by atoms with Crippen LogP contribution in [0.3, 0.4) is 0 Å². The fraction of sp³-hybridized carbons (Fsp3) is 0.714. The third-order valence-electron chi connectivity index (χ3n) is 5.66. The highest BCUT2D eigenvalue weighted by Gasteiger charge is 2.45. The quantitative estimate of drug-likeness (QED) is 0.428. The SMILES string of the molecule is C=CCCC/C=C/[C@H]1CC[C@@H]2[C@@H](C)C[C@H](C)[C@@H](CC(=C)C)N21. The fourth-order valence-corrected chi connectivity index (χ4v) is 4.64. The number of unbranched alkanes of at least 4 members (excludes halogenated alkanes) is 2. The van der Waals surface area contributed by atoms with Crippen LogP contribution < -0.4 is 0 Å². The van der Waals surface area contributed by atoms with E-state index in [4.69, 9.17) is 0 Å². The van der Waals surface area contributed by atoms with Crippen molar-refractivity contribution in [3.63, 3.8) is 0 Å². The Morgan fingerprint density at radius 2 is 1.95 bits per heavy atom. The lowest BCUT2D eigenvalue weighted by molar-refractivity contribution is 0.0238. The third-order valence-corrected chi connectivity index (χ3v) is 5.66. The summed E-state index contributed by atoms with van der Waals surface area (Å²) in [4.78, 5) is 2.86. The van der Waals surface area contributed by atoms with Crippen molar-refractivity contribution in [1.82, 2.24) is 4.90 Å². The van der Waals surface area contributed by atoms with Crippen LogP contribution in [0.15, 0.2) is 37.0 Å².